The summed E-state index contributed by atoms with van der Waals surface area (Å²) in [5.74, 6) is 1.63. The van der Waals surface area contributed by atoms with E-state index in [1.807, 2.05) is 17.9 Å². The first-order chi connectivity index (χ1) is 10.7. The van der Waals surface area contributed by atoms with Gasteiger partial charge < -0.3 is 10.6 Å². The lowest BCUT2D eigenvalue weighted by molar-refractivity contribution is 0.461. The van der Waals surface area contributed by atoms with Gasteiger partial charge in [-0.25, -0.2) is 0 Å². The first-order valence-corrected chi connectivity index (χ1v) is 8.69. The van der Waals surface area contributed by atoms with Gasteiger partial charge in [0.15, 0.2) is 5.96 Å². The standard InChI is InChI=1S/C17H33N5/c1-5-8-9-15(6-2)12-20-17(18-7-3)19-11-10-16-13-21-22(4)14-16/h13-15H,5-12H2,1-4H3,(H2,18,19,20). The summed E-state index contributed by atoms with van der Waals surface area (Å²) >= 11 is 0. The molecular formula is C17H33N5. The summed E-state index contributed by atoms with van der Waals surface area (Å²) < 4.78 is 1.84. The average molecular weight is 307 g/mol. The van der Waals surface area contributed by atoms with E-state index in [0.717, 1.165) is 32.0 Å². The summed E-state index contributed by atoms with van der Waals surface area (Å²) in [5, 5.41) is 10.9. The molecule has 0 fully saturated rings. The molecule has 1 aromatic heterocycles. The summed E-state index contributed by atoms with van der Waals surface area (Å²) in [5.41, 5.74) is 1.25. The zero-order valence-corrected chi connectivity index (χ0v) is 14.7. The second-order valence-electron chi connectivity index (χ2n) is 5.84. The van der Waals surface area contributed by atoms with E-state index >= 15 is 0 Å². The molecule has 1 unspecified atom stereocenters. The normalized spacial score (nSPS) is 13.2. The van der Waals surface area contributed by atoms with Gasteiger partial charge in [0.1, 0.15) is 0 Å². The number of hydrogen-bond donors (Lipinski definition) is 2. The van der Waals surface area contributed by atoms with Crippen molar-refractivity contribution in [3.05, 3.63) is 18.0 Å². The van der Waals surface area contributed by atoms with Gasteiger partial charge >= 0.3 is 0 Å². The second-order valence-corrected chi connectivity index (χ2v) is 5.84. The minimum atomic E-state index is 0.703. The third kappa shape index (κ3) is 7.48. The van der Waals surface area contributed by atoms with Gasteiger partial charge in [0.25, 0.3) is 0 Å². The Kier molecular flexibility index (Phi) is 9.35. The van der Waals surface area contributed by atoms with Gasteiger partial charge in [-0.05, 0) is 31.2 Å². The first kappa shape index (κ1) is 18.5. The van der Waals surface area contributed by atoms with E-state index in [4.69, 9.17) is 4.99 Å². The second kappa shape index (κ2) is 11.1. The Bertz CT molecular complexity index is 424. The van der Waals surface area contributed by atoms with E-state index in [2.05, 4.69) is 42.7 Å². The van der Waals surface area contributed by atoms with Crippen LogP contribution in [-0.4, -0.2) is 35.4 Å². The molecule has 0 aliphatic rings. The van der Waals surface area contributed by atoms with Crippen LogP contribution in [0.1, 0.15) is 52.0 Å². The summed E-state index contributed by atoms with van der Waals surface area (Å²) in [7, 11) is 1.95. The average Bonchev–Trinajstić information content (AvgIpc) is 2.93. The summed E-state index contributed by atoms with van der Waals surface area (Å²) in [6.07, 6.45) is 10.0. The van der Waals surface area contributed by atoms with Gasteiger partial charge in [0.2, 0.25) is 0 Å². The SMILES string of the molecule is CCCCC(CC)CN=C(NCC)NCCc1cnn(C)c1. The third-order valence-electron chi connectivity index (χ3n) is 3.86. The number of unbranched alkanes of at least 4 members (excludes halogenated alkanes) is 1. The van der Waals surface area contributed by atoms with Crippen LogP contribution in [-0.2, 0) is 13.5 Å². The van der Waals surface area contributed by atoms with Gasteiger partial charge in [-0.2, -0.15) is 5.10 Å². The fourth-order valence-corrected chi connectivity index (χ4v) is 2.41. The molecule has 0 amide bonds. The minimum absolute atomic E-state index is 0.703. The first-order valence-electron chi connectivity index (χ1n) is 8.69. The van der Waals surface area contributed by atoms with E-state index < -0.39 is 0 Å². The van der Waals surface area contributed by atoms with Crippen molar-refractivity contribution in [2.24, 2.45) is 18.0 Å². The number of nitrogens with one attached hydrogen (secondary N) is 2. The molecule has 2 N–H and O–H groups in total. The number of nitrogens with zero attached hydrogens (tertiary/aromatic N) is 3. The van der Waals surface area contributed by atoms with Crippen LogP contribution in [0, 0.1) is 5.92 Å². The fourth-order valence-electron chi connectivity index (χ4n) is 2.41. The van der Waals surface area contributed by atoms with Crippen molar-refractivity contribution < 1.29 is 0 Å². The lowest BCUT2D eigenvalue weighted by Gasteiger charge is -2.15. The Morgan fingerprint density at radius 3 is 2.73 bits per heavy atom. The Hall–Kier alpha value is -1.52. The molecule has 0 aliphatic carbocycles. The van der Waals surface area contributed by atoms with E-state index in [9.17, 15) is 0 Å². The highest BCUT2D eigenvalue weighted by Gasteiger charge is 2.06. The molecule has 0 aromatic carbocycles. The molecule has 1 atom stereocenters. The number of aromatic nitrogens is 2. The lowest BCUT2D eigenvalue weighted by Crippen LogP contribution is -2.38. The van der Waals surface area contributed by atoms with Crippen LogP contribution in [0.4, 0.5) is 0 Å². The Morgan fingerprint density at radius 1 is 1.32 bits per heavy atom. The highest BCUT2D eigenvalue weighted by atomic mass is 15.2. The number of aryl methyl sites for hydroxylation is 1. The van der Waals surface area contributed by atoms with Gasteiger partial charge in [-0.3, -0.25) is 9.67 Å². The highest BCUT2D eigenvalue weighted by molar-refractivity contribution is 5.79. The maximum absolute atomic E-state index is 4.75. The molecule has 22 heavy (non-hydrogen) atoms. The van der Waals surface area contributed by atoms with Crippen LogP contribution >= 0.6 is 0 Å². The predicted molar refractivity (Wildman–Crippen MR) is 94.2 cm³/mol. The van der Waals surface area contributed by atoms with Gasteiger partial charge in [-0.1, -0.05) is 33.1 Å². The van der Waals surface area contributed by atoms with Crippen molar-refractivity contribution in [1.82, 2.24) is 20.4 Å². The van der Waals surface area contributed by atoms with E-state index in [1.165, 1.54) is 31.2 Å². The van der Waals surface area contributed by atoms with Crippen molar-refractivity contribution in [2.75, 3.05) is 19.6 Å². The molecular weight excluding hydrogens is 274 g/mol. The quantitative estimate of drug-likeness (QED) is 0.516. The molecule has 1 heterocycles. The van der Waals surface area contributed by atoms with E-state index in [-0.39, 0.29) is 0 Å². The van der Waals surface area contributed by atoms with Crippen LogP contribution in [0.15, 0.2) is 17.4 Å². The van der Waals surface area contributed by atoms with Gasteiger partial charge in [-0.15, -0.1) is 0 Å². The third-order valence-corrected chi connectivity index (χ3v) is 3.86. The van der Waals surface area contributed by atoms with Gasteiger partial charge in [0, 0.05) is 32.9 Å². The van der Waals surface area contributed by atoms with Crippen LogP contribution in [0.3, 0.4) is 0 Å². The molecule has 0 radical (unpaired) electrons. The van der Waals surface area contributed by atoms with Crippen molar-refractivity contribution in [2.45, 2.75) is 52.9 Å². The topological polar surface area (TPSA) is 54.2 Å². The van der Waals surface area contributed by atoms with E-state index in [1.54, 1.807) is 0 Å². The monoisotopic (exact) mass is 307 g/mol. The van der Waals surface area contributed by atoms with Crippen molar-refractivity contribution in [1.29, 1.82) is 0 Å². The van der Waals surface area contributed by atoms with Crippen LogP contribution in [0.25, 0.3) is 0 Å². The molecule has 5 nitrogen and oxygen atoms in total. The predicted octanol–water partition coefficient (Wildman–Crippen LogP) is 2.73. The zero-order valence-electron chi connectivity index (χ0n) is 14.7. The van der Waals surface area contributed by atoms with Crippen molar-refractivity contribution in [3.63, 3.8) is 0 Å². The molecule has 0 aliphatic heterocycles. The maximum atomic E-state index is 4.75. The maximum Gasteiger partial charge on any atom is 0.191 e. The number of guanidine groups is 1. The van der Waals surface area contributed by atoms with Crippen LogP contribution < -0.4 is 10.6 Å². The van der Waals surface area contributed by atoms with Gasteiger partial charge in [0.05, 0.1) is 6.20 Å². The number of rotatable bonds is 10. The molecule has 1 rings (SSSR count). The molecule has 126 valence electrons. The number of aliphatic imine (C=N–C) groups is 1. The largest absolute Gasteiger partial charge is 0.357 e. The van der Waals surface area contributed by atoms with Crippen molar-refractivity contribution >= 4 is 5.96 Å². The molecule has 1 aromatic rings. The molecule has 0 bridgehead atoms. The molecule has 0 saturated carbocycles. The minimum Gasteiger partial charge on any atom is -0.357 e. The zero-order chi connectivity index (χ0) is 16.2. The Morgan fingerprint density at radius 2 is 2.14 bits per heavy atom. The molecule has 5 heteroatoms. The number of hydrogen-bond acceptors (Lipinski definition) is 2. The molecule has 0 saturated heterocycles. The fraction of sp³-hybridized carbons (Fsp3) is 0.765. The van der Waals surface area contributed by atoms with Crippen LogP contribution in [0.2, 0.25) is 0 Å². The lowest BCUT2D eigenvalue weighted by atomic mass is 10.00. The smallest absolute Gasteiger partial charge is 0.191 e. The van der Waals surface area contributed by atoms with Crippen molar-refractivity contribution in [3.8, 4) is 0 Å². The molecule has 0 spiro atoms. The Balaban J connectivity index is 2.40. The highest BCUT2D eigenvalue weighted by Crippen LogP contribution is 2.12. The van der Waals surface area contributed by atoms with Crippen LogP contribution in [0.5, 0.6) is 0 Å². The Labute approximate surface area is 135 Å². The summed E-state index contributed by atoms with van der Waals surface area (Å²) in [4.78, 5) is 4.75. The summed E-state index contributed by atoms with van der Waals surface area (Å²) in [6.45, 7) is 9.30. The van der Waals surface area contributed by atoms with E-state index in [0.29, 0.717) is 5.92 Å². The summed E-state index contributed by atoms with van der Waals surface area (Å²) in [6, 6.07) is 0.